The molecule has 0 amide bonds. The third-order valence-electron chi connectivity index (χ3n) is 5.06. The van der Waals surface area contributed by atoms with E-state index >= 15 is 0 Å². The van der Waals surface area contributed by atoms with Gasteiger partial charge in [0.15, 0.2) is 0 Å². The first kappa shape index (κ1) is 19.8. The molecule has 3 rings (SSSR count). The molecule has 27 heavy (non-hydrogen) atoms. The molecule has 1 saturated heterocycles. The van der Waals surface area contributed by atoms with Crippen molar-refractivity contribution in [2.45, 2.75) is 52.8 Å². The second-order valence-corrected chi connectivity index (χ2v) is 8.93. The molecule has 0 radical (unpaired) electrons. The SMILES string of the molecule is Cc1cc(CN(C)[C@H]2CCN(c3ncccc3C(=O)OC(C)C)C2)sc1C. The van der Waals surface area contributed by atoms with Crippen LogP contribution in [0.25, 0.3) is 0 Å². The van der Waals surface area contributed by atoms with Gasteiger partial charge in [-0.3, -0.25) is 4.90 Å². The number of hydrogen-bond donors (Lipinski definition) is 0. The van der Waals surface area contributed by atoms with E-state index in [0.29, 0.717) is 11.6 Å². The number of carbonyl (C=O) groups is 1. The van der Waals surface area contributed by atoms with Gasteiger partial charge in [0.05, 0.1) is 6.10 Å². The molecule has 2 aromatic heterocycles. The average Bonchev–Trinajstić information content (AvgIpc) is 3.21. The van der Waals surface area contributed by atoms with Gasteiger partial charge in [0.25, 0.3) is 0 Å². The second-order valence-electron chi connectivity index (χ2n) is 7.58. The maximum atomic E-state index is 12.4. The predicted molar refractivity (Wildman–Crippen MR) is 111 cm³/mol. The van der Waals surface area contributed by atoms with Gasteiger partial charge >= 0.3 is 5.97 Å². The van der Waals surface area contributed by atoms with Crippen LogP contribution in [-0.2, 0) is 11.3 Å². The van der Waals surface area contributed by atoms with Crippen molar-refractivity contribution in [3.8, 4) is 0 Å². The number of likely N-dealkylation sites (N-methyl/N-ethyl adjacent to an activating group) is 1. The van der Waals surface area contributed by atoms with Gasteiger partial charge < -0.3 is 9.64 Å². The van der Waals surface area contributed by atoms with Crippen LogP contribution in [0.3, 0.4) is 0 Å². The molecule has 0 N–H and O–H groups in total. The third-order valence-corrected chi connectivity index (χ3v) is 6.20. The molecule has 1 fully saturated rings. The lowest BCUT2D eigenvalue weighted by Crippen LogP contribution is -2.34. The fraction of sp³-hybridized carbons (Fsp3) is 0.524. The summed E-state index contributed by atoms with van der Waals surface area (Å²) in [6.07, 6.45) is 2.67. The van der Waals surface area contributed by atoms with E-state index < -0.39 is 0 Å². The fourth-order valence-corrected chi connectivity index (χ4v) is 4.60. The monoisotopic (exact) mass is 387 g/mol. The summed E-state index contributed by atoms with van der Waals surface area (Å²) in [6, 6.07) is 6.34. The number of anilines is 1. The minimum absolute atomic E-state index is 0.138. The number of pyridine rings is 1. The highest BCUT2D eigenvalue weighted by Gasteiger charge is 2.29. The van der Waals surface area contributed by atoms with Gasteiger partial charge in [-0.05, 0) is 64.9 Å². The van der Waals surface area contributed by atoms with Crippen LogP contribution < -0.4 is 4.90 Å². The van der Waals surface area contributed by atoms with Crippen LogP contribution in [0, 0.1) is 13.8 Å². The van der Waals surface area contributed by atoms with Crippen molar-refractivity contribution in [2.24, 2.45) is 0 Å². The molecule has 5 nitrogen and oxygen atoms in total. The Morgan fingerprint density at radius 2 is 2.22 bits per heavy atom. The van der Waals surface area contributed by atoms with E-state index in [9.17, 15) is 4.79 Å². The first-order valence-corrected chi connectivity index (χ1v) is 10.3. The summed E-state index contributed by atoms with van der Waals surface area (Å²) < 4.78 is 5.39. The Balaban J connectivity index is 1.68. The largest absolute Gasteiger partial charge is 0.459 e. The average molecular weight is 388 g/mol. The first-order chi connectivity index (χ1) is 12.8. The van der Waals surface area contributed by atoms with Crippen molar-refractivity contribution >= 4 is 23.1 Å². The normalized spacial score (nSPS) is 17.1. The smallest absolute Gasteiger partial charge is 0.342 e. The Morgan fingerprint density at radius 3 is 2.89 bits per heavy atom. The molecule has 0 aliphatic carbocycles. The Morgan fingerprint density at radius 1 is 1.44 bits per heavy atom. The zero-order chi connectivity index (χ0) is 19.6. The number of carbonyl (C=O) groups excluding carboxylic acids is 1. The summed E-state index contributed by atoms with van der Waals surface area (Å²) in [4.78, 5) is 24.3. The quantitative estimate of drug-likeness (QED) is 0.700. The molecule has 2 aromatic rings. The van der Waals surface area contributed by atoms with Crippen LogP contribution in [0.2, 0.25) is 0 Å². The fourth-order valence-electron chi connectivity index (χ4n) is 3.48. The number of thiophene rings is 1. The van der Waals surface area contributed by atoms with Crippen molar-refractivity contribution in [1.29, 1.82) is 0 Å². The number of esters is 1. The summed E-state index contributed by atoms with van der Waals surface area (Å²) in [5.41, 5.74) is 1.93. The zero-order valence-corrected chi connectivity index (χ0v) is 17.7. The summed E-state index contributed by atoms with van der Waals surface area (Å²) >= 11 is 1.88. The lowest BCUT2D eigenvalue weighted by Gasteiger charge is -2.25. The summed E-state index contributed by atoms with van der Waals surface area (Å²) in [6.45, 7) is 10.8. The Bertz CT molecular complexity index is 783. The highest BCUT2D eigenvalue weighted by molar-refractivity contribution is 7.12. The van der Waals surface area contributed by atoms with E-state index in [1.807, 2.05) is 25.2 Å². The molecule has 6 heteroatoms. The minimum atomic E-state index is -0.297. The molecule has 0 bridgehead atoms. The van der Waals surface area contributed by atoms with Gasteiger partial charge in [0.1, 0.15) is 11.4 Å². The number of ether oxygens (including phenoxy) is 1. The third kappa shape index (κ3) is 4.68. The molecule has 1 aliphatic rings. The summed E-state index contributed by atoms with van der Waals surface area (Å²) in [5, 5.41) is 0. The summed E-state index contributed by atoms with van der Waals surface area (Å²) in [5.74, 6) is 0.441. The van der Waals surface area contributed by atoms with E-state index in [0.717, 1.165) is 31.9 Å². The molecule has 1 aliphatic heterocycles. The topological polar surface area (TPSA) is 45.7 Å². The number of hydrogen-bond acceptors (Lipinski definition) is 6. The lowest BCUT2D eigenvalue weighted by atomic mass is 10.2. The van der Waals surface area contributed by atoms with Crippen LogP contribution >= 0.6 is 11.3 Å². The highest BCUT2D eigenvalue weighted by Crippen LogP contribution is 2.27. The van der Waals surface area contributed by atoms with E-state index in [-0.39, 0.29) is 12.1 Å². The van der Waals surface area contributed by atoms with Crippen molar-refractivity contribution in [1.82, 2.24) is 9.88 Å². The zero-order valence-electron chi connectivity index (χ0n) is 16.9. The van der Waals surface area contributed by atoms with E-state index in [4.69, 9.17) is 4.74 Å². The van der Waals surface area contributed by atoms with Crippen LogP contribution in [0.1, 0.15) is 45.9 Å². The second kappa shape index (κ2) is 8.40. The Labute approximate surface area is 166 Å². The number of aryl methyl sites for hydroxylation is 2. The summed E-state index contributed by atoms with van der Waals surface area (Å²) in [7, 11) is 2.19. The molecule has 1 atom stereocenters. The molecular weight excluding hydrogens is 358 g/mol. The van der Waals surface area contributed by atoms with Crippen molar-refractivity contribution in [3.63, 3.8) is 0 Å². The molecule has 3 heterocycles. The molecular formula is C21H29N3O2S. The molecule has 0 aromatic carbocycles. The Kier molecular flexibility index (Phi) is 6.17. The van der Waals surface area contributed by atoms with Gasteiger partial charge in [-0.15, -0.1) is 11.3 Å². The lowest BCUT2D eigenvalue weighted by molar-refractivity contribution is 0.0378. The number of aromatic nitrogens is 1. The van der Waals surface area contributed by atoms with Crippen LogP contribution in [0.5, 0.6) is 0 Å². The Hall–Kier alpha value is -1.92. The molecule has 0 saturated carbocycles. The maximum Gasteiger partial charge on any atom is 0.342 e. The van der Waals surface area contributed by atoms with E-state index in [1.165, 1.54) is 15.3 Å². The van der Waals surface area contributed by atoms with Crippen LogP contribution in [-0.4, -0.2) is 48.1 Å². The van der Waals surface area contributed by atoms with Crippen molar-refractivity contribution < 1.29 is 9.53 Å². The van der Waals surface area contributed by atoms with Gasteiger partial charge in [-0.2, -0.15) is 0 Å². The van der Waals surface area contributed by atoms with Crippen molar-refractivity contribution in [2.75, 3.05) is 25.0 Å². The molecule has 146 valence electrons. The van der Waals surface area contributed by atoms with Crippen LogP contribution in [0.15, 0.2) is 24.4 Å². The van der Waals surface area contributed by atoms with Crippen molar-refractivity contribution in [3.05, 3.63) is 45.3 Å². The van der Waals surface area contributed by atoms with Gasteiger partial charge in [0, 0.05) is 41.6 Å². The van der Waals surface area contributed by atoms with Gasteiger partial charge in [-0.1, -0.05) is 0 Å². The molecule has 0 spiro atoms. The van der Waals surface area contributed by atoms with Gasteiger partial charge in [0.2, 0.25) is 0 Å². The first-order valence-electron chi connectivity index (χ1n) is 9.52. The molecule has 0 unspecified atom stereocenters. The van der Waals surface area contributed by atoms with Gasteiger partial charge in [-0.25, -0.2) is 9.78 Å². The maximum absolute atomic E-state index is 12.4. The standard InChI is InChI=1S/C21H29N3O2S/c1-14(2)26-21(25)19-7-6-9-22-20(19)24-10-8-17(12-24)23(5)13-18-11-15(3)16(4)27-18/h6-7,9,11,14,17H,8,10,12-13H2,1-5H3/t17-/m0/s1. The number of nitrogens with zero attached hydrogens (tertiary/aromatic N) is 3. The number of rotatable bonds is 6. The van der Waals surface area contributed by atoms with E-state index in [1.54, 1.807) is 18.3 Å². The highest BCUT2D eigenvalue weighted by atomic mass is 32.1. The predicted octanol–water partition coefficient (Wildman–Crippen LogP) is 4.04. The minimum Gasteiger partial charge on any atom is -0.459 e. The van der Waals surface area contributed by atoms with E-state index in [2.05, 4.69) is 41.7 Å². The van der Waals surface area contributed by atoms with Crippen LogP contribution in [0.4, 0.5) is 5.82 Å².